The number of aromatic hydroxyl groups is 1. The van der Waals surface area contributed by atoms with E-state index in [9.17, 15) is 9.90 Å². The van der Waals surface area contributed by atoms with Crippen LogP contribution in [0, 0.1) is 0 Å². The summed E-state index contributed by atoms with van der Waals surface area (Å²) in [6.45, 7) is 4.14. The third-order valence-corrected chi connectivity index (χ3v) is 4.24. The van der Waals surface area contributed by atoms with Crippen molar-refractivity contribution in [3.8, 4) is 5.75 Å². The topological polar surface area (TPSA) is 73.8 Å². The lowest BCUT2D eigenvalue weighted by Crippen LogP contribution is -2.49. The van der Waals surface area contributed by atoms with E-state index in [1.165, 1.54) is 0 Å². The zero-order chi connectivity index (χ0) is 16.4. The van der Waals surface area contributed by atoms with E-state index >= 15 is 0 Å². The van der Waals surface area contributed by atoms with Crippen LogP contribution in [0.5, 0.6) is 5.75 Å². The molecule has 0 saturated carbocycles. The number of benzene rings is 1. The van der Waals surface area contributed by atoms with Crippen molar-refractivity contribution in [1.29, 1.82) is 0 Å². The summed E-state index contributed by atoms with van der Waals surface area (Å²) < 4.78 is 5.32. The highest BCUT2D eigenvalue weighted by Gasteiger charge is 2.32. The molecule has 3 rings (SSSR count). The van der Waals surface area contributed by atoms with Gasteiger partial charge in [-0.1, -0.05) is 12.1 Å². The van der Waals surface area contributed by atoms with Gasteiger partial charge >= 0.3 is 0 Å². The minimum absolute atomic E-state index is 0.0219. The van der Waals surface area contributed by atoms with Crippen molar-refractivity contribution in [3.63, 3.8) is 0 Å². The number of carbonyl (C=O) groups excluding carboxylic acids is 1. The van der Waals surface area contributed by atoms with Crippen LogP contribution in [0.4, 0.5) is 0 Å². The number of nitrogens with zero attached hydrogens (tertiary/aromatic N) is 1. The summed E-state index contributed by atoms with van der Waals surface area (Å²) in [6, 6.07) is 6.46. The SMILES string of the molecule is CC1=C(C(=O)N2CCOCC2)[C@H](c2ccc(O)cc2)NC(=S)N1. The minimum Gasteiger partial charge on any atom is -0.508 e. The van der Waals surface area contributed by atoms with Gasteiger partial charge in [0.1, 0.15) is 5.75 Å². The van der Waals surface area contributed by atoms with Crippen LogP contribution >= 0.6 is 12.2 Å². The molecule has 2 heterocycles. The van der Waals surface area contributed by atoms with Gasteiger partial charge in [0, 0.05) is 18.8 Å². The maximum Gasteiger partial charge on any atom is 0.254 e. The Morgan fingerprint density at radius 1 is 1.30 bits per heavy atom. The molecular weight excluding hydrogens is 314 g/mol. The molecule has 3 N–H and O–H groups in total. The first kappa shape index (κ1) is 15.8. The number of amides is 1. The summed E-state index contributed by atoms with van der Waals surface area (Å²) in [4.78, 5) is 14.8. The molecule has 2 aliphatic heterocycles. The smallest absolute Gasteiger partial charge is 0.254 e. The minimum atomic E-state index is -0.334. The van der Waals surface area contributed by atoms with E-state index in [2.05, 4.69) is 10.6 Å². The van der Waals surface area contributed by atoms with E-state index in [1.54, 1.807) is 29.2 Å². The molecule has 23 heavy (non-hydrogen) atoms. The van der Waals surface area contributed by atoms with Crippen molar-refractivity contribution in [2.45, 2.75) is 13.0 Å². The van der Waals surface area contributed by atoms with Gasteiger partial charge in [-0.3, -0.25) is 4.79 Å². The van der Waals surface area contributed by atoms with Crippen LogP contribution in [0.3, 0.4) is 0 Å². The largest absolute Gasteiger partial charge is 0.508 e. The van der Waals surface area contributed by atoms with Gasteiger partial charge in [-0.15, -0.1) is 0 Å². The van der Waals surface area contributed by atoms with Gasteiger partial charge in [0.15, 0.2) is 5.11 Å². The molecule has 1 saturated heterocycles. The summed E-state index contributed by atoms with van der Waals surface area (Å²) in [7, 11) is 0. The quantitative estimate of drug-likeness (QED) is 0.703. The number of carbonyl (C=O) groups is 1. The molecule has 7 heteroatoms. The van der Waals surface area contributed by atoms with Crippen molar-refractivity contribution < 1.29 is 14.6 Å². The van der Waals surface area contributed by atoms with Crippen LogP contribution in [-0.4, -0.2) is 47.3 Å². The fourth-order valence-corrected chi connectivity index (χ4v) is 3.10. The molecule has 0 aromatic heterocycles. The molecule has 1 fully saturated rings. The molecule has 0 spiro atoms. The summed E-state index contributed by atoms with van der Waals surface area (Å²) in [6.07, 6.45) is 0. The number of phenolic OH excluding ortho intramolecular Hbond substituents is 1. The highest BCUT2D eigenvalue weighted by atomic mass is 32.1. The maximum absolute atomic E-state index is 13.0. The zero-order valence-electron chi connectivity index (χ0n) is 12.8. The van der Waals surface area contributed by atoms with E-state index in [4.69, 9.17) is 17.0 Å². The van der Waals surface area contributed by atoms with Gasteiger partial charge in [0.25, 0.3) is 5.91 Å². The zero-order valence-corrected chi connectivity index (χ0v) is 13.7. The van der Waals surface area contributed by atoms with Crippen molar-refractivity contribution in [2.24, 2.45) is 0 Å². The number of ether oxygens (including phenoxy) is 1. The Balaban J connectivity index is 1.95. The number of phenols is 1. The van der Waals surface area contributed by atoms with Gasteiger partial charge < -0.3 is 25.4 Å². The van der Waals surface area contributed by atoms with Gasteiger partial charge in [-0.2, -0.15) is 0 Å². The molecule has 0 unspecified atom stereocenters. The highest BCUT2D eigenvalue weighted by Crippen LogP contribution is 2.29. The predicted molar refractivity (Wildman–Crippen MR) is 89.8 cm³/mol. The van der Waals surface area contributed by atoms with Gasteiger partial charge in [-0.25, -0.2) is 0 Å². The Bertz CT molecular complexity index is 651. The number of hydrogen-bond donors (Lipinski definition) is 3. The average Bonchev–Trinajstić information content (AvgIpc) is 2.55. The van der Waals surface area contributed by atoms with Crippen molar-refractivity contribution in [1.82, 2.24) is 15.5 Å². The lowest BCUT2D eigenvalue weighted by Gasteiger charge is -2.34. The Labute approximate surface area is 140 Å². The van der Waals surface area contributed by atoms with E-state index in [1.807, 2.05) is 6.92 Å². The molecule has 2 aliphatic rings. The summed E-state index contributed by atoms with van der Waals surface area (Å²) in [5.74, 6) is 0.165. The van der Waals surface area contributed by atoms with E-state index in [0.717, 1.165) is 11.3 Å². The second kappa shape index (κ2) is 6.55. The number of nitrogens with one attached hydrogen (secondary N) is 2. The number of hydrogen-bond acceptors (Lipinski definition) is 4. The van der Waals surface area contributed by atoms with Gasteiger partial charge in [0.05, 0.1) is 24.8 Å². The number of thiocarbonyl (C=S) groups is 1. The molecule has 1 amide bonds. The first-order chi connectivity index (χ1) is 11.1. The molecule has 122 valence electrons. The van der Waals surface area contributed by atoms with Crippen LogP contribution in [0.25, 0.3) is 0 Å². The van der Waals surface area contributed by atoms with Crippen LogP contribution < -0.4 is 10.6 Å². The molecule has 6 nitrogen and oxygen atoms in total. The Morgan fingerprint density at radius 2 is 1.96 bits per heavy atom. The summed E-state index contributed by atoms with van der Waals surface area (Å²) >= 11 is 5.23. The monoisotopic (exact) mass is 333 g/mol. The average molecular weight is 333 g/mol. The molecule has 1 aromatic rings. The normalized spacial score (nSPS) is 21.7. The highest BCUT2D eigenvalue weighted by molar-refractivity contribution is 7.80. The number of rotatable bonds is 2. The molecule has 1 atom stereocenters. The standard InChI is InChI=1S/C16H19N3O3S/c1-10-13(15(21)19-6-8-22-9-7-19)14(18-16(23)17-10)11-2-4-12(20)5-3-11/h2-5,14,20H,6-9H2,1H3,(H2,17,18,23)/t14-/m0/s1. The van der Waals surface area contributed by atoms with Crippen LogP contribution in [0.15, 0.2) is 35.5 Å². The first-order valence-electron chi connectivity index (χ1n) is 7.50. The van der Waals surface area contributed by atoms with Crippen molar-refractivity contribution in [3.05, 3.63) is 41.1 Å². The number of allylic oxidation sites excluding steroid dienone is 1. The Kier molecular flexibility index (Phi) is 4.49. The van der Waals surface area contributed by atoms with Gasteiger partial charge in [0.2, 0.25) is 0 Å². The van der Waals surface area contributed by atoms with E-state index in [-0.39, 0.29) is 17.7 Å². The Morgan fingerprint density at radius 3 is 2.61 bits per heavy atom. The summed E-state index contributed by atoms with van der Waals surface area (Å²) in [5, 5.41) is 16.2. The van der Waals surface area contributed by atoms with Crippen LogP contribution in [-0.2, 0) is 9.53 Å². The van der Waals surface area contributed by atoms with Crippen LogP contribution in [0.1, 0.15) is 18.5 Å². The third-order valence-electron chi connectivity index (χ3n) is 4.02. The lowest BCUT2D eigenvalue weighted by molar-refractivity contribution is -0.131. The summed E-state index contributed by atoms with van der Waals surface area (Å²) in [5.41, 5.74) is 2.28. The second-order valence-corrected chi connectivity index (χ2v) is 5.97. The first-order valence-corrected chi connectivity index (χ1v) is 7.91. The molecule has 0 aliphatic carbocycles. The lowest BCUT2D eigenvalue weighted by atomic mass is 9.94. The molecule has 0 radical (unpaired) electrons. The third kappa shape index (κ3) is 3.30. The van der Waals surface area contributed by atoms with Crippen molar-refractivity contribution in [2.75, 3.05) is 26.3 Å². The molecule has 0 bridgehead atoms. The molecular formula is C16H19N3O3S. The number of morpholine rings is 1. The van der Waals surface area contributed by atoms with Gasteiger partial charge in [-0.05, 0) is 36.8 Å². The van der Waals surface area contributed by atoms with E-state index in [0.29, 0.717) is 37.0 Å². The van der Waals surface area contributed by atoms with Crippen LogP contribution in [0.2, 0.25) is 0 Å². The maximum atomic E-state index is 13.0. The fourth-order valence-electron chi connectivity index (χ4n) is 2.83. The predicted octanol–water partition coefficient (Wildman–Crippen LogP) is 1.04. The molecule has 1 aromatic carbocycles. The fraction of sp³-hybridized carbons (Fsp3) is 0.375. The van der Waals surface area contributed by atoms with Crippen molar-refractivity contribution >= 4 is 23.2 Å². The van der Waals surface area contributed by atoms with E-state index < -0.39 is 0 Å². The Hall–Kier alpha value is -2.12. The second-order valence-electron chi connectivity index (χ2n) is 5.57.